The Labute approximate surface area is 184 Å². The lowest BCUT2D eigenvalue weighted by atomic mass is 10.1. The molecule has 3 aromatic rings. The number of carbonyl (C=O) groups excluding carboxylic acids is 1. The topological polar surface area (TPSA) is 80.3 Å². The summed E-state index contributed by atoms with van der Waals surface area (Å²) < 4.78 is 21.1. The molecule has 0 aliphatic carbocycles. The van der Waals surface area contributed by atoms with E-state index in [1.807, 2.05) is 0 Å². The zero-order chi connectivity index (χ0) is 20.7. The second-order valence-electron chi connectivity index (χ2n) is 6.80. The van der Waals surface area contributed by atoms with Gasteiger partial charge in [0.05, 0.1) is 35.1 Å². The van der Waals surface area contributed by atoms with E-state index in [-0.39, 0.29) is 35.4 Å². The van der Waals surface area contributed by atoms with Crippen molar-refractivity contribution in [3.8, 4) is 17.2 Å². The van der Waals surface area contributed by atoms with E-state index in [2.05, 4.69) is 33.9 Å². The Kier molecular flexibility index (Phi) is 6.44. The largest absolute Gasteiger partial charge is 0.337 e. The molecule has 2 aromatic heterocycles. The van der Waals surface area contributed by atoms with Gasteiger partial charge < -0.3 is 9.42 Å². The van der Waals surface area contributed by atoms with Gasteiger partial charge in [0.25, 0.3) is 5.91 Å². The highest BCUT2D eigenvalue weighted by Crippen LogP contribution is 2.33. The summed E-state index contributed by atoms with van der Waals surface area (Å²) in [5, 5.41) is 3.87. The lowest BCUT2D eigenvalue weighted by Crippen LogP contribution is -2.25. The summed E-state index contributed by atoms with van der Waals surface area (Å²) in [5.41, 5.74) is 1.77. The van der Waals surface area contributed by atoms with Crippen molar-refractivity contribution in [1.82, 2.24) is 29.5 Å². The van der Waals surface area contributed by atoms with Gasteiger partial charge in [-0.2, -0.15) is 4.98 Å². The number of carbonyl (C=O) groups is 1. The highest BCUT2D eigenvalue weighted by atomic mass is 35.5. The molecule has 0 spiro atoms. The number of halogens is 3. The standard InChI is InChI=1S/C19H20ClFN6O2.ClH/c1-4-26(5-2)9-14-23-18(24-29-14)17-13-8-25(3)19(28)15-12(27(13)10-22-17)7-6-11(21)16(15)20;/h6-7,10H,4-5,8-9H2,1-3H3;1H. The fraction of sp³-hybridized carbons (Fsp3) is 0.368. The molecule has 0 saturated heterocycles. The minimum Gasteiger partial charge on any atom is -0.337 e. The van der Waals surface area contributed by atoms with Gasteiger partial charge in [0.2, 0.25) is 11.7 Å². The maximum atomic E-state index is 14.0. The molecule has 1 amide bonds. The predicted octanol–water partition coefficient (Wildman–Crippen LogP) is 3.56. The number of aromatic nitrogens is 4. The Bertz CT molecular complexity index is 1080. The lowest BCUT2D eigenvalue weighted by molar-refractivity contribution is 0.0788. The van der Waals surface area contributed by atoms with Crippen LogP contribution in [-0.2, 0) is 13.1 Å². The third-order valence-corrected chi connectivity index (χ3v) is 5.45. The summed E-state index contributed by atoms with van der Waals surface area (Å²) >= 11 is 6.11. The van der Waals surface area contributed by atoms with E-state index in [4.69, 9.17) is 16.1 Å². The number of imidazole rings is 1. The molecule has 11 heteroatoms. The highest BCUT2D eigenvalue weighted by Gasteiger charge is 2.31. The van der Waals surface area contributed by atoms with Crippen LogP contribution in [0.5, 0.6) is 0 Å². The number of benzene rings is 1. The Morgan fingerprint density at radius 3 is 2.73 bits per heavy atom. The van der Waals surface area contributed by atoms with E-state index in [1.54, 1.807) is 17.9 Å². The first-order valence-corrected chi connectivity index (χ1v) is 9.67. The first kappa shape index (κ1) is 22.2. The molecule has 0 N–H and O–H groups in total. The van der Waals surface area contributed by atoms with Crippen LogP contribution in [-0.4, -0.2) is 55.5 Å². The first-order chi connectivity index (χ1) is 13.9. The maximum absolute atomic E-state index is 14.0. The van der Waals surface area contributed by atoms with Crippen LogP contribution in [0.25, 0.3) is 17.2 Å². The van der Waals surface area contributed by atoms with Gasteiger partial charge in [-0.15, -0.1) is 12.4 Å². The number of amides is 1. The summed E-state index contributed by atoms with van der Waals surface area (Å²) in [6, 6.07) is 2.75. The smallest absolute Gasteiger partial charge is 0.257 e. The van der Waals surface area contributed by atoms with Crippen molar-refractivity contribution in [2.75, 3.05) is 20.1 Å². The molecule has 0 fully saturated rings. The van der Waals surface area contributed by atoms with Gasteiger partial charge in [-0.3, -0.25) is 14.3 Å². The average molecular weight is 455 g/mol. The number of hydrogen-bond acceptors (Lipinski definition) is 6. The number of rotatable bonds is 5. The normalized spacial score (nSPS) is 13.1. The van der Waals surface area contributed by atoms with Crippen LogP contribution in [0.15, 0.2) is 23.0 Å². The summed E-state index contributed by atoms with van der Waals surface area (Å²) in [4.78, 5) is 25.3. The molecule has 8 nitrogen and oxygen atoms in total. The van der Waals surface area contributed by atoms with Crippen LogP contribution in [0.4, 0.5) is 4.39 Å². The van der Waals surface area contributed by atoms with Gasteiger partial charge in [-0.05, 0) is 25.2 Å². The molecular weight excluding hydrogens is 434 g/mol. The molecule has 0 unspecified atom stereocenters. The molecule has 160 valence electrons. The van der Waals surface area contributed by atoms with Gasteiger partial charge in [-0.1, -0.05) is 30.6 Å². The van der Waals surface area contributed by atoms with Gasteiger partial charge >= 0.3 is 0 Å². The summed E-state index contributed by atoms with van der Waals surface area (Å²) in [5.74, 6) is -0.169. The summed E-state index contributed by atoms with van der Waals surface area (Å²) in [6.07, 6.45) is 1.56. The fourth-order valence-electron chi connectivity index (χ4n) is 3.40. The van der Waals surface area contributed by atoms with Gasteiger partial charge in [0.15, 0.2) is 0 Å². The molecule has 0 atom stereocenters. The van der Waals surface area contributed by atoms with E-state index in [9.17, 15) is 9.18 Å². The van der Waals surface area contributed by atoms with Gasteiger partial charge in [0, 0.05) is 7.05 Å². The Hall–Kier alpha value is -2.49. The molecule has 0 bridgehead atoms. The van der Waals surface area contributed by atoms with Crippen LogP contribution < -0.4 is 0 Å². The van der Waals surface area contributed by atoms with E-state index in [1.165, 1.54) is 17.0 Å². The first-order valence-electron chi connectivity index (χ1n) is 9.29. The Morgan fingerprint density at radius 2 is 2.03 bits per heavy atom. The quantitative estimate of drug-likeness (QED) is 0.586. The van der Waals surface area contributed by atoms with Crippen molar-refractivity contribution in [1.29, 1.82) is 0 Å². The second kappa shape index (κ2) is 8.71. The molecule has 1 aromatic carbocycles. The van der Waals surface area contributed by atoms with Crippen molar-refractivity contribution in [2.45, 2.75) is 26.9 Å². The number of hydrogen-bond donors (Lipinski definition) is 0. The molecule has 3 heterocycles. The summed E-state index contributed by atoms with van der Waals surface area (Å²) in [6.45, 7) is 6.65. The Balaban J connectivity index is 0.00000256. The minimum absolute atomic E-state index is 0. The zero-order valence-electron chi connectivity index (χ0n) is 16.7. The van der Waals surface area contributed by atoms with Crippen LogP contribution in [0.2, 0.25) is 5.02 Å². The SMILES string of the molecule is CCN(CC)Cc1nc(-c2ncn3c2CN(C)C(=O)c2c-3ccc(F)c2Cl)no1.Cl. The molecule has 0 saturated carbocycles. The van der Waals surface area contributed by atoms with Crippen molar-refractivity contribution in [3.63, 3.8) is 0 Å². The van der Waals surface area contributed by atoms with E-state index in [0.29, 0.717) is 35.3 Å². The molecule has 4 rings (SSSR count). The lowest BCUT2D eigenvalue weighted by Gasteiger charge is -2.15. The van der Waals surface area contributed by atoms with Crippen LogP contribution in [0.3, 0.4) is 0 Å². The fourth-order valence-corrected chi connectivity index (χ4v) is 3.65. The van der Waals surface area contributed by atoms with E-state index >= 15 is 0 Å². The van der Waals surface area contributed by atoms with Crippen molar-refractivity contribution in [2.24, 2.45) is 0 Å². The summed E-state index contributed by atoms with van der Waals surface area (Å²) in [7, 11) is 1.63. The predicted molar refractivity (Wildman–Crippen MR) is 111 cm³/mol. The number of nitrogens with zero attached hydrogens (tertiary/aromatic N) is 6. The van der Waals surface area contributed by atoms with Crippen LogP contribution in [0.1, 0.15) is 35.8 Å². The highest BCUT2D eigenvalue weighted by molar-refractivity contribution is 6.34. The maximum Gasteiger partial charge on any atom is 0.257 e. The third kappa shape index (κ3) is 3.68. The van der Waals surface area contributed by atoms with Crippen molar-refractivity contribution in [3.05, 3.63) is 46.4 Å². The third-order valence-electron chi connectivity index (χ3n) is 5.08. The average Bonchev–Trinajstić information content (AvgIpc) is 3.32. The van der Waals surface area contributed by atoms with Gasteiger partial charge in [0.1, 0.15) is 17.8 Å². The van der Waals surface area contributed by atoms with Crippen LogP contribution in [0, 0.1) is 5.82 Å². The minimum atomic E-state index is -0.643. The van der Waals surface area contributed by atoms with Crippen molar-refractivity contribution < 1.29 is 13.7 Å². The Morgan fingerprint density at radius 1 is 1.30 bits per heavy atom. The zero-order valence-corrected chi connectivity index (χ0v) is 18.3. The molecule has 0 radical (unpaired) electrons. The molecule has 1 aliphatic rings. The molecule has 30 heavy (non-hydrogen) atoms. The van der Waals surface area contributed by atoms with Gasteiger partial charge in [-0.25, -0.2) is 9.37 Å². The second-order valence-corrected chi connectivity index (χ2v) is 7.18. The monoisotopic (exact) mass is 454 g/mol. The molecular formula is C19H21Cl2FN6O2. The van der Waals surface area contributed by atoms with Crippen molar-refractivity contribution >= 4 is 29.9 Å². The molecule has 1 aliphatic heterocycles. The van der Waals surface area contributed by atoms with E-state index < -0.39 is 5.82 Å². The van der Waals surface area contributed by atoms with Crippen LogP contribution >= 0.6 is 24.0 Å². The number of fused-ring (bicyclic) bond motifs is 3. The van der Waals surface area contributed by atoms with E-state index in [0.717, 1.165) is 13.1 Å².